The molecule has 2 aliphatic rings. The Bertz CT molecular complexity index is 468. The highest BCUT2D eigenvalue weighted by Crippen LogP contribution is 2.56. The number of hydrogen-bond acceptors (Lipinski definition) is 1. The van der Waals surface area contributed by atoms with Crippen LogP contribution in [0.3, 0.4) is 0 Å². The van der Waals surface area contributed by atoms with Crippen LogP contribution >= 0.6 is 0 Å². The Morgan fingerprint density at radius 3 is 2.30 bits per heavy atom. The molecule has 3 atom stereocenters. The summed E-state index contributed by atoms with van der Waals surface area (Å²) in [4.78, 5) is 0. The van der Waals surface area contributed by atoms with Crippen molar-refractivity contribution in [1.82, 2.24) is 0 Å². The Hall–Kier alpha value is -0.820. The molecule has 3 unspecified atom stereocenters. The summed E-state index contributed by atoms with van der Waals surface area (Å²) in [5.74, 6) is 1.86. The largest absolute Gasteiger partial charge is 0.330 e. The lowest BCUT2D eigenvalue weighted by molar-refractivity contribution is 0.171. The Labute approximate surface area is 124 Å². The van der Waals surface area contributed by atoms with Crippen molar-refractivity contribution in [3.63, 3.8) is 0 Å². The highest BCUT2D eigenvalue weighted by Gasteiger charge is 2.49. The zero-order chi connectivity index (χ0) is 14.4. The summed E-state index contributed by atoms with van der Waals surface area (Å²) in [7, 11) is 0. The van der Waals surface area contributed by atoms with Gasteiger partial charge in [0.2, 0.25) is 0 Å². The number of fused-ring (bicyclic) bond motifs is 2. The van der Waals surface area contributed by atoms with Crippen molar-refractivity contribution in [2.75, 3.05) is 6.54 Å². The average molecular weight is 271 g/mol. The third kappa shape index (κ3) is 2.41. The maximum atomic E-state index is 6.20. The highest BCUT2D eigenvalue weighted by molar-refractivity contribution is 5.28. The molecule has 1 aromatic rings. The summed E-state index contributed by atoms with van der Waals surface area (Å²) in [5, 5.41) is 0. The average Bonchev–Trinajstić information content (AvgIpc) is 2.99. The van der Waals surface area contributed by atoms with Crippen LogP contribution in [0.5, 0.6) is 0 Å². The van der Waals surface area contributed by atoms with Crippen molar-refractivity contribution >= 4 is 0 Å². The molecule has 2 saturated carbocycles. The maximum absolute atomic E-state index is 6.20. The zero-order valence-corrected chi connectivity index (χ0v) is 13.3. The highest BCUT2D eigenvalue weighted by atomic mass is 14.7. The first-order chi connectivity index (χ1) is 9.43. The van der Waals surface area contributed by atoms with Gasteiger partial charge in [0.15, 0.2) is 0 Å². The van der Waals surface area contributed by atoms with Crippen LogP contribution < -0.4 is 5.73 Å². The van der Waals surface area contributed by atoms with Gasteiger partial charge in [0.05, 0.1) is 0 Å². The van der Waals surface area contributed by atoms with Crippen LogP contribution in [0.2, 0.25) is 0 Å². The first kappa shape index (κ1) is 14.1. The summed E-state index contributed by atoms with van der Waals surface area (Å²) >= 11 is 0. The molecule has 0 radical (unpaired) electrons. The molecule has 20 heavy (non-hydrogen) atoms. The predicted molar refractivity (Wildman–Crippen MR) is 85.8 cm³/mol. The lowest BCUT2D eigenvalue weighted by atomic mass is 9.69. The molecule has 0 amide bonds. The SMILES string of the molecule is CC(C)(C)c1ccc(CC2(CN)CC3CCC2C3)cc1. The lowest BCUT2D eigenvalue weighted by Crippen LogP contribution is -2.37. The normalized spacial score (nSPS) is 32.8. The van der Waals surface area contributed by atoms with Crippen LogP contribution in [0.25, 0.3) is 0 Å². The Morgan fingerprint density at radius 1 is 1.15 bits per heavy atom. The summed E-state index contributed by atoms with van der Waals surface area (Å²) < 4.78 is 0. The van der Waals surface area contributed by atoms with Gasteiger partial charge in [-0.3, -0.25) is 0 Å². The first-order valence-electron chi connectivity index (χ1n) is 8.22. The van der Waals surface area contributed by atoms with E-state index in [1.165, 1.54) is 43.2 Å². The lowest BCUT2D eigenvalue weighted by Gasteiger charge is -2.37. The summed E-state index contributed by atoms with van der Waals surface area (Å²) in [6.07, 6.45) is 6.87. The fourth-order valence-electron chi connectivity index (χ4n) is 4.63. The Morgan fingerprint density at radius 2 is 1.85 bits per heavy atom. The van der Waals surface area contributed by atoms with Crippen LogP contribution in [0, 0.1) is 17.3 Å². The first-order valence-corrected chi connectivity index (χ1v) is 8.22. The minimum absolute atomic E-state index is 0.247. The Balaban J connectivity index is 1.77. The van der Waals surface area contributed by atoms with Gasteiger partial charge < -0.3 is 5.73 Å². The minimum atomic E-state index is 0.247. The van der Waals surface area contributed by atoms with Gasteiger partial charge in [0.1, 0.15) is 0 Å². The van der Waals surface area contributed by atoms with Crippen molar-refractivity contribution in [2.45, 2.75) is 58.3 Å². The quantitative estimate of drug-likeness (QED) is 0.872. The van der Waals surface area contributed by atoms with E-state index in [1.54, 1.807) is 0 Å². The Kier molecular flexibility index (Phi) is 3.44. The zero-order valence-electron chi connectivity index (χ0n) is 13.3. The summed E-state index contributed by atoms with van der Waals surface area (Å²) in [5.41, 5.74) is 9.77. The van der Waals surface area contributed by atoms with Crippen LogP contribution in [-0.2, 0) is 11.8 Å². The third-order valence-corrected chi connectivity index (χ3v) is 5.89. The van der Waals surface area contributed by atoms with E-state index in [9.17, 15) is 0 Å². The second-order valence-corrected chi connectivity index (χ2v) is 8.27. The van der Waals surface area contributed by atoms with Gasteiger partial charge in [0.25, 0.3) is 0 Å². The van der Waals surface area contributed by atoms with E-state index in [0.717, 1.165) is 18.4 Å². The molecule has 0 saturated heterocycles. The van der Waals surface area contributed by atoms with Gasteiger partial charge in [-0.2, -0.15) is 0 Å². The molecular formula is C19H29N. The molecular weight excluding hydrogens is 242 g/mol. The molecule has 2 fully saturated rings. The summed E-state index contributed by atoms with van der Waals surface area (Å²) in [6, 6.07) is 9.30. The fourth-order valence-corrected chi connectivity index (χ4v) is 4.63. The van der Waals surface area contributed by atoms with Crippen molar-refractivity contribution in [3.8, 4) is 0 Å². The van der Waals surface area contributed by atoms with E-state index >= 15 is 0 Å². The molecule has 0 heterocycles. The second-order valence-electron chi connectivity index (χ2n) is 8.27. The number of rotatable bonds is 3. The van der Waals surface area contributed by atoms with Crippen LogP contribution in [0.15, 0.2) is 24.3 Å². The van der Waals surface area contributed by atoms with E-state index in [2.05, 4.69) is 45.0 Å². The summed E-state index contributed by atoms with van der Waals surface area (Å²) in [6.45, 7) is 7.70. The van der Waals surface area contributed by atoms with Crippen LogP contribution in [0.1, 0.15) is 57.6 Å². The second kappa shape index (κ2) is 4.87. The van der Waals surface area contributed by atoms with E-state index in [-0.39, 0.29) is 5.41 Å². The minimum Gasteiger partial charge on any atom is -0.330 e. The molecule has 2 N–H and O–H groups in total. The third-order valence-electron chi connectivity index (χ3n) is 5.89. The predicted octanol–water partition coefficient (Wildman–Crippen LogP) is 4.29. The van der Waals surface area contributed by atoms with Gasteiger partial charge in [0, 0.05) is 0 Å². The number of benzene rings is 1. The molecule has 110 valence electrons. The molecule has 1 aromatic carbocycles. The fraction of sp³-hybridized carbons (Fsp3) is 0.684. The molecule has 2 aliphatic carbocycles. The molecule has 0 spiro atoms. The van der Waals surface area contributed by atoms with Crippen molar-refractivity contribution < 1.29 is 0 Å². The van der Waals surface area contributed by atoms with Crippen LogP contribution in [0.4, 0.5) is 0 Å². The van der Waals surface area contributed by atoms with Gasteiger partial charge >= 0.3 is 0 Å². The van der Waals surface area contributed by atoms with E-state index in [0.29, 0.717) is 5.41 Å². The van der Waals surface area contributed by atoms with Gasteiger partial charge in [-0.25, -0.2) is 0 Å². The van der Waals surface area contributed by atoms with E-state index < -0.39 is 0 Å². The van der Waals surface area contributed by atoms with Crippen molar-refractivity contribution in [3.05, 3.63) is 35.4 Å². The molecule has 2 bridgehead atoms. The van der Waals surface area contributed by atoms with Crippen molar-refractivity contribution in [1.29, 1.82) is 0 Å². The topological polar surface area (TPSA) is 26.0 Å². The van der Waals surface area contributed by atoms with Gasteiger partial charge in [-0.1, -0.05) is 51.5 Å². The molecule has 3 rings (SSSR count). The maximum Gasteiger partial charge on any atom is -0.00146 e. The molecule has 1 nitrogen and oxygen atoms in total. The van der Waals surface area contributed by atoms with E-state index in [1.807, 2.05) is 0 Å². The molecule has 0 aromatic heterocycles. The molecule has 0 aliphatic heterocycles. The van der Waals surface area contributed by atoms with Crippen molar-refractivity contribution in [2.24, 2.45) is 23.0 Å². The number of hydrogen-bond donors (Lipinski definition) is 1. The van der Waals surface area contributed by atoms with E-state index in [4.69, 9.17) is 5.73 Å². The van der Waals surface area contributed by atoms with Crippen LogP contribution in [-0.4, -0.2) is 6.54 Å². The van der Waals surface area contributed by atoms with Gasteiger partial charge in [-0.05, 0) is 66.0 Å². The van der Waals surface area contributed by atoms with Gasteiger partial charge in [-0.15, -0.1) is 0 Å². The molecule has 1 heteroatoms. The smallest absolute Gasteiger partial charge is 0.00146 e. The monoisotopic (exact) mass is 271 g/mol. The number of nitrogens with two attached hydrogens (primary N) is 1. The standard InChI is InChI=1S/C19H29N/c1-18(2,3)16-7-4-14(5-8-16)11-19(13-20)12-15-6-9-17(19)10-15/h4-5,7-8,15,17H,6,9-13,20H2,1-3H3.